The quantitative estimate of drug-likeness (QED) is 0.914. The second kappa shape index (κ2) is 5.54. The smallest absolute Gasteiger partial charge is 0.154 e. The molecule has 1 saturated heterocycles. The Kier molecular flexibility index (Phi) is 3.40. The van der Waals surface area contributed by atoms with Gasteiger partial charge in [-0.25, -0.2) is 0 Å². The summed E-state index contributed by atoms with van der Waals surface area (Å²) in [6.07, 6.45) is 7.15. The maximum atomic E-state index is 5.72. The van der Waals surface area contributed by atoms with Crippen molar-refractivity contribution in [3.8, 4) is 0 Å². The van der Waals surface area contributed by atoms with E-state index in [1.807, 2.05) is 12.3 Å². The fourth-order valence-corrected chi connectivity index (χ4v) is 3.19. The molecule has 0 aliphatic carbocycles. The summed E-state index contributed by atoms with van der Waals surface area (Å²) in [5, 5.41) is 12.3. The molecule has 0 saturated carbocycles. The molecule has 2 aliphatic heterocycles. The number of nitrogens with zero attached hydrogens (tertiary/aromatic N) is 4. The van der Waals surface area contributed by atoms with Crippen LogP contribution in [0, 0.1) is 0 Å². The van der Waals surface area contributed by atoms with Crippen molar-refractivity contribution in [1.29, 1.82) is 0 Å². The number of ether oxygens (including phenoxy) is 1. The highest BCUT2D eigenvalue weighted by Crippen LogP contribution is 2.25. The number of fused-ring (bicyclic) bond motifs is 1. The van der Waals surface area contributed by atoms with Gasteiger partial charge in [0.1, 0.15) is 5.82 Å². The van der Waals surface area contributed by atoms with Gasteiger partial charge in [0, 0.05) is 38.5 Å². The molecule has 0 spiro atoms. The fourth-order valence-electron chi connectivity index (χ4n) is 3.19. The zero-order valence-electron chi connectivity index (χ0n) is 11.9. The number of hydrogen-bond donors (Lipinski definition) is 1. The average molecular weight is 285 g/mol. The van der Waals surface area contributed by atoms with E-state index in [0.717, 1.165) is 56.2 Å². The summed E-state index contributed by atoms with van der Waals surface area (Å²) in [6.45, 7) is 2.72. The van der Waals surface area contributed by atoms with Crippen molar-refractivity contribution < 1.29 is 4.74 Å². The van der Waals surface area contributed by atoms with E-state index in [1.165, 1.54) is 0 Å². The van der Waals surface area contributed by atoms with Crippen LogP contribution < -0.4 is 5.32 Å². The van der Waals surface area contributed by atoms with E-state index in [-0.39, 0.29) is 6.04 Å². The standard InChI is InChI=1S/C15H19N5O/c1-3-11(10-16-5-1)14-15-19-18-13(20(15)7-6-17-14)9-12-4-2-8-21-12/h1,3,5,10,12,14,17H,2,4,6-9H2. The van der Waals surface area contributed by atoms with Crippen molar-refractivity contribution >= 4 is 0 Å². The molecule has 1 fully saturated rings. The third kappa shape index (κ3) is 2.45. The summed E-state index contributed by atoms with van der Waals surface area (Å²) >= 11 is 0. The lowest BCUT2D eigenvalue weighted by Gasteiger charge is -2.25. The molecule has 4 heterocycles. The molecule has 2 aromatic heterocycles. The lowest BCUT2D eigenvalue weighted by Crippen LogP contribution is -2.35. The summed E-state index contributed by atoms with van der Waals surface area (Å²) in [6, 6.07) is 4.12. The Morgan fingerprint density at radius 2 is 2.38 bits per heavy atom. The molecule has 2 aromatic rings. The van der Waals surface area contributed by atoms with Gasteiger partial charge < -0.3 is 14.6 Å². The number of rotatable bonds is 3. The first-order valence-electron chi connectivity index (χ1n) is 7.59. The molecule has 0 amide bonds. The molecule has 21 heavy (non-hydrogen) atoms. The largest absolute Gasteiger partial charge is 0.378 e. The molecule has 2 atom stereocenters. The zero-order chi connectivity index (χ0) is 14.1. The predicted octanol–water partition coefficient (Wildman–Crippen LogP) is 1.09. The lowest BCUT2D eigenvalue weighted by molar-refractivity contribution is 0.109. The molecular weight excluding hydrogens is 266 g/mol. The normalized spacial score (nSPS) is 25.0. The van der Waals surface area contributed by atoms with Crippen molar-refractivity contribution in [3.63, 3.8) is 0 Å². The first-order valence-corrected chi connectivity index (χ1v) is 7.59. The summed E-state index contributed by atoms with van der Waals surface area (Å²) in [5.74, 6) is 2.04. The van der Waals surface area contributed by atoms with Gasteiger partial charge in [-0.3, -0.25) is 4.98 Å². The number of hydrogen-bond acceptors (Lipinski definition) is 5. The Morgan fingerprint density at radius 1 is 1.38 bits per heavy atom. The number of pyridine rings is 1. The van der Waals surface area contributed by atoms with E-state index in [0.29, 0.717) is 6.10 Å². The summed E-state index contributed by atoms with van der Waals surface area (Å²) in [7, 11) is 0. The van der Waals surface area contributed by atoms with Crippen LogP contribution in [0.25, 0.3) is 0 Å². The molecule has 0 radical (unpaired) electrons. The van der Waals surface area contributed by atoms with Gasteiger partial charge in [0.15, 0.2) is 5.82 Å². The first-order chi connectivity index (χ1) is 10.4. The first kappa shape index (κ1) is 12.9. The van der Waals surface area contributed by atoms with E-state index >= 15 is 0 Å². The molecule has 1 N–H and O–H groups in total. The molecule has 110 valence electrons. The number of aromatic nitrogens is 4. The molecule has 0 bridgehead atoms. The van der Waals surface area contributed by atoms with Crippen LogP contribution >= 0.6 is 0 Å². The van der Waals surface area contributed by atoms with Crippen LogP contribution in [0.2, 0.25) is 0 Å². The molecule has 4 rings (SSSR count). The van der Waals surface area contributed by atoms with Gasteiger partial charge in [-0.1, -0.05) is 6.07 Å². The Hall–Kier alpha value is -1.79. The molecule has 6 nitrogen and oxygen atoms in total. The van der Waals surface area contributed by atoms with Crippen molar-refractivity contribution in [2.45, 2.75) is 38.0 Å². The summed E-state index contributed by atoms with van der Waals surface area (Å²) in [4.78, 5) is 4.21. The second-order valence-corrected chi connectivity index (χ2v) is 5.64. The molecule has 6 heteroatoms. The van der Waals surface area contributed by atoms with Crippen molar-refractivity contribution in [2.24, 2.45) is 0 Å². The van der Waals surface area contributed by atoms with Crippen LogP contribution in [0.3, 0.4) is 0 Å². The van der Waals surface area contributed by atoms with Crippen molar-refractivity contribution in [2.75, 3.05) is 13.2 Å². The van der Waals surface area contributed by atoms with Crippen LogP contribution in [0.1, 0.15) is 36.1 Å². The Bertz CT molecular complexity index is 606. The van der Waals surface area contributed by atoms with E-state index in [9.17, 15) is 0 Å². The predicted molar refractivity (Wildman–Crippen MR) is 76.8 cm³/mol. The highest BCUT2D eigenvalue weighted by molar-refractivity contribution is 5.23. The van der Waals surface area contributed by atoms with Gasteiger partial charge in [-0.2, -0.15) is 0 Å². The monoisotopic (exact) mass is 285 g/mol. The molecule has 0 aromatic carbocycles. The third-order valence-electron chi connectivity index (χ3n) is 4.25. The number of nitrogens with one attached hydrogen (secondary N) is 1. The minimum Gasteiger partial charge on any atom is -0.378 e. The molecular formula is C15H19N5O. The minimum atomic E-state index is 0.0817. The van der Waals surface area contributed by atoms with Gasteiger partial charge in [0.25, 0.3) is 0 Å². The van der Waals surface area contributed by atoms with Crippen LogP contribution in [0.5, 0.6) is 0 Å². The third-order valence-corrected chi connectivity index (χ3v) is 4.25. The van der Waals surface area contributed by atoms with Crippen LogP contribution in [0.4, 0.5) is 0 Å². The summed E-state index contributed by atoms with van der Waals surface area (Å²) < 4.78 is 7.97. The Labute approximate surface area is 123 Å². The topological polar surface area (TPSA) is 64.9 Å². The Balaban J connectivity index is 1.62. The van der Waals surface area contributed by atoms with Gasteiger partial charge >= 0.3 is 0 Å². The van der Waals surface area contributed by atoms with E-state index < -0.39 is 0 Å². The van der Waals surface area contributed by atoms with E-state index in [2.05, 4.69) is 31.1 Å². The fraction of sp³-hybridized carbons (Fsp3) is 0.533. The van der Waals surface area contributed by atoms with E-state index in [4.69, 9.17) is 4.74 Å². The molecule has 2 aliphatic rings. The van der Waals surface area contributed by atoms with Gasteiger partial charge in [-0.15, -0.1) is 10.2 Å². The van der Waals surface area contributed by atoms with Gasteiger partial charge in [0.05, 0.1) is 12.1 Å². The van der Waals surface area contributed by atoms with Crippen LogP contribution in [-0.4, -0.2) is 39.0 Å². The van der Waals surface area contributed by atoms with Crippen LogP contribution in [0.15, 0.2) is 24.5 Å². The highest BCUT2D eigenvalue weighted by Gasteiger charge is 2.28. The lowest BCUT2D eigenvalue weighted by atomic mass is 10.1. The zero-order valence-corrected chi connectivity index (χ0v) is 11.9. The van der Waals surface area contributed by atoms with E-state index in [1.54, 1.807) is 6.20 Å². The summed E-state index contributed by atoms with van der Waals surface area (Å²) in [5.41, 5.74) is 1.13. The van der Waals surface area contributed by atoms with Gasteiger partial charge in [-0.05, 0) is 24.5 Å². The van der Waals surface area contributed by atoms with Crippen LogP contribution in [-0.2, 0) is 17.7 Å². The average Bonchev–Trinajstić information content (AvgIpc) is 3.19. The SMILES string of the molecule is c1cncc(C2NCCn3c(CC4CCCO4)nnc32)c1. The molecule has 2 unspecified atom stereocenters. The maximum absolute atomic E-state index is 5.72. The Morgan fingerprint density at radius 3 is 3.19 bits per heavy atom. The highest BCUT2D eigenvalue weighted by atomic mass is 16.5. The maximum Gasteiger partial charge on any atom is 0.154 e. The minimum absolute atomic E-state index is 0.0817. The second-order valence-electron chi connectivity index (χ2n) is 5.64. The van der Waals surface area contributed by atoms with Gasteiger partial charge in [0.2, 0.25) is 0 Å². The van der Waals surface area contributed by atoms with Crippen molar-refractivity contribution in [1.82, 2.24) is 25.1 Å². The van der Waals surface area contributed by atoms with Crippen molar-refractivity contribution in [3.05, 3.63) is 41.7 Å².